The number of hydrogen-bond acceptors (Lipinski definition) is 3. The van der Waals surface area contributed by atoms with Gasteiger partial charge in [-0.25, -0.2) is 0 Å². The van der Waals surface area contributed by atoms with Crippen molar-refractivity contribution in [2.45, 2.75) is 72.9 Å². The van der Waals surface area contributed by atoms with Crippen LogP contribution in [0, 0.1) is 11.8 Å². The average Bonchev–Trinajstić information content (AvgIpc) is 2.31. The van der Waals surface area contributed by atoms with Crippen LogP contribution >= 0.6 is 0 Å². The molecule has 0 heterocycles. The SMILES string of the molecule is CC(C)CCN(CCC(C)C)CC(C)(CO)NC(C)C. The Kier molecular flexibility index (Phi) is 9.69. The Balaban J connectivity index is 4.56. The third kappa shape index (κ3) is 9.73. The molecule has 0 aromatic carbocycles. The van der Waals surface area contributed by atoms with Gasteiger partial charge in [-0.3, -0.25) is 0 Å². The maximum absolute atomic E-state index is 9.75. The van der Waals surface area contributed by atoms with Gasteiger partial charge in [0.2, 0.25) is 0 Å². The Labute approximate surface area is 127 Å². The van der Waals surface area contributed by atoms with E-state index in [1.807, 2.05) is 0 Å². The molecule has 3 heteroatoms. The maximum Gasteiger partial charge on any atom is 0.0623 e. The molecule has 0 fully saturated rings. The summed E-state index contributed by atoms with van der Waals surface area (Å²) in [4.78, 5) is 2.52. The van der Waals surface area contributed by atoms with Gasteiger partial charge in [0.25, 0.3) is 0 Å². The van der Waals surface area contributed by atoms with Gasteiger partial charge >= 0.3 is 0 Å². The van der Waals surface area contributed by atoms with Gasteiger partial charge in [0.15, 0.2) is 0 Å². The topological polar surface area (TPSA) is 35.5 Å². The molecule has 0 spiro atoms. The first-order chi connectivity index (χ1) is 9.18. The van der Waals surface area contributed by atoms with E-state index in [1.165, 1.54) is 12.8 Å². The third-order valence-electron chi connectivity index (χ3n) is 3.60. The molecule has 3 nitrogen and oxygen atoms in total. The van der Waals surface area contributed by atoms with Crippen LogP contribution in [0.25, 0.3) is 0 Å². The first-order valence-electron chi connectivity index (χ1n) is 8.29. The van der Waals surface area contributed by atoms with Crippen molar-refractivity contribution in [3.63, 3.8) is 0 Å². The highest BCUT2D eigenvalue weighted by Gasteiger charge is 2.26. The van der Waals surface area contributed by atoms with Crippen LogP contribution in [0.15, 0.2) is 0 Å². The molecule has 1 atom stereocenters. The van der Waals surface area contributed by atoms with Crippen molar-refractivity contribution in [1.82, 2.24) is 10.2 Å². The fourth-order valence-corrected chi connectivity index (χ4v) is 2.48. The van der Waals surface area contributed by atoms with Gasteiger partial charge in [-0.05, 0) is 44.7 Å². The minimum Gasteiger partial charge on any atom is -0.394 e. The predicted molar refractivity (Wildman–Crippen MR) is 89.1 cm³/mol. The Bertz CT molecular complexity index is 229. The maximum atomic E-state index is 9.75. The quantitative estimate of drug-likeness (QED) is 0.612. The van der Waals surface area contributed by atoms with Crippen molar-refractivity contribution < 1.29 is 5.11 Å². The predicted octanol–water partition coefficient (Wildman–Crippen LogP) is 3.13. The Morgan fingerprint density at radius 1 is 0.950 bits per heavy atom. The Morgan fingerprint density at radius 3 is 1.70 bits per heavy atom. The normalized spacial score (nSPS) is 15.6. The number of aliphatic hydroxyl groups excluding tert-OH is 1. The van der Waals surface area contributed by atoms with Gasteiger partial charge in [-0.2, -0.15) is 0 Å². The second-order valence-corrected chi connectivity index (χ2v) is 7.66. The van der Waals surface area contributed by atoms with Gasteiger partial charge in [-0.1, -0.05) is 41.5 Å². The summed E-state index contributed by atoms with van der Waals surface area (Å²) in [7, 11) is 0. The highest BCUT2D eigenvalue weighted by Crippen LogP contribution is 2.12. The van der Waals surface area contributed by atoms with E-state index in [0.717, 1.165) is 31.5 Å². The number of aliphatic hydroxyl groups is 1. The molecule has 1 unspecified atom stereocenters. The van der Waals surface area contributed by atoms with E-state index in [9.17, 15) is 5.11 Å². The summed E-state index contributed by atoms with van der Waals surface area (Å²) in [5, 5.41) is 13.3. The second kappa shape index (κ2) is 9.75. The zero-order valence-corrected chi connectivity index (χ0v) is 14.9. The molecule has 0 aliphatic carbocycles. The largest absolute Gasteiger partial charge is 0.394 e. The average molecular weight is 287 g/mol. The molecular formula is C17H38N2O. The van der Waals surface area contributed by atoms with Crippen LogP contribution in [-0.4, -0.2) is 47.8 Å². The van der Waals surface area contributed by atoms with Crippen LogP contribution in [-0.2, 0) is 0 Å². The number of rotatable bonds is 11. The number of nitrogens with one attached hydrogen (secondary N) is 1. The molecule has 0 bridgehead atoms. The van der Waals surface area contributed by atoms with E-state index in [-0.39, 0.29) is 12.1 Å². The van der Waals surface area contributed by atoms with Crippen LogP contribution in [0.3, 0.4) is 0 Å². The van der Waals surface area contributed by atoms with Crippen molar-refractivity contribution in [3.05, 3.63) is 0 Å². The molecule has 0 amide bonds. The second-order valence-electron chi connectivity index (χ2n) is 7.66. The molecule has 122 valence electrons. The van der Waals surface area contributed by atoms with E-state index in [0.29, 0.717) is 6.04 Å². The van der Waals surface area contributed by atoms with E-state index in [2.05, 4.69) is 58.7 Å². The lowest BCUT2D eigenvalue weighted by molar-refractivity contribution is 0.107. The number of nitrogens with zero attached hydrogens (tertiary/aromatic N) is 1. The standard InChI is InChI=1S/C17H38N2O/c1-14(2)8-10-19(11-9-15(3)4)12-17(7,13-20)18-16(5)6/h14-16,18,20H,8-13H2,1-7H3. The highest BCUT2D eigenvalue weighted by atomic mass is 16.3. The van der Waals surface area contributed by atoms with Gasteiger partial charge in [0.1, 0.15) is 0 Å². The zero-order valence-electron chi connectivity index (χ0n) is 14.9. The molecule has 2 N–H and O–H groups in total. The summed E-state index contributed by atoms with van der Waals surface area (Å²) >= 11 is 0. The van der Waals surface area contributed by atoms with Gasteiger partial charge in [0.05, 0.1) is 12.1 Å². The van der Waals surface area contributed by atoms with Gasteiger partial charge in [-0.15, -0.1) is 0 Å². The van der Waals surface area contributed by atoms with Crippen molar-refractivity contribution in [2.24, 2.45) is 11.8 Å². The van der Waals surface area contributed by atoms with Crippen LogP contribution in [0.2, 0.25) is 0 Å². The number of hydrogen-bond donors (Lipinski definition) is 2. The van der Waals surface area contributed by atoms with Crippen LogP contribution in [0.5, 0.6) is 0 Å². The summed E-state index contributed by atoms with van der Waals surface area (Å²) < 4.78 is 0. The third-order valence-corrected chi connectivity index (χ3v) is 3.60. The van der Waals surface area contributed by atoms with E-state index in [1.54, 1.807) is 0 Å². The van der Waals surface area contributed by atoms with E-state index >= 15 is 0 Å². The lowest BCUT2D eigenvalue weighted by Gasteiger charge is -2.37. The molecule has 0 saturated heterocycles. The lowest BCUT2D eigenvalue weighted by atomic mass is 10.00. The molecule has 0 aliphatic heterocycles. The van der Waals surface area contributed by atoms with Crippen molar-refractivity contribution in [2.75, 3.05) is 26.2 Å². The Morgan fingerprint density at radius 2 is 1.40 bits per heavy atom. The molecule has 20 heavy (non-hydrogen) atoms. The molecule has 0 radical (unpaired) electrons. The Hall–Kier alpha value is -0.120. The summed E-state index contributed by atoms with van der Waals surface area (Å²) in [5.41, 5.74) is -0.206. The minimum absolute atomic E-state index is 0.186. The first kappa shape index (κ1) is 19.9. The minimum atomic E-state index is -0.206. The van der Waals surface area contributed by atoms with Crippen LogP contribution < -0.4 is 5.32 Å². The fraction of sp³-hybridized carbons (Fsp3) is 1.00. The summed E-state index contributed by atoms with van der Waals surface area (Å²) in [6, 6.07) is 0.393. The molecule has 0 aliphatic rings. The van der Waals surface area contributed by atoms with Gasteiger partial charge in [0, 0.05) is 12.6 Å². The molecule has 0 aromatic heterocycles. The zero-order chi connectivity index (χ0) is 15.8. The fourth-order valence-electron chi connectivity index (χ4n) is 2.48. The van der Waals surface area contributed by atoms with Crippen LogP contribution in [0.1, 0.15) is 61.3 Å². The summed E-state index contributed by atoms with van der Waals surface area (Å²) in [6.45, 7) is 18.9. The first-order valence-corrected chi connectivity index (χ1v) is 8.29. The molecular weight excluding hydrogens is 248 g/mol. The van der Waals surface area contributed by atoms with E-state index < -0.39 is 0 Å². The smallest absolute Gasteiger partial charge is 0.0623 e. The summed E-state index contributed by atoms with van der Waals surface area (Å²) in [5.74, 6) is 1.46. The van der Waals surface area contributed by atoms with E-state index in [4.69, 9.17) is 0 Å². The van der Waals surface area contributed by atoms with Crippen LogP contribution in [0.4, 0.5) is 0 Å². The van der Waals surface area contributed by atoms with Crippen molar-refractivity contribution in [1.29, 1.82) is 0 Å². The van der Waals surface area contributed by atoms with Crippen molar-refractivity contribution >= 4 is 0 Å². The summed E-state index contributed by atoms with van der Waals surface area (Å²) in [6.07, 6.45) is 2.45. The van der Waals surface area contributed by atoms with Crippen molar-refractivity contribution in [3.8, 4) is 0 Å². The van der Waals surface area contributed by atoms with Gasteiger partial charge < -0.3 is 15.3 Å². The molecule has 0 rings (SSSR count). The highest BCUT2D eigenvalue weighted by molar-refractivity contribution is 4.87. The molecule has 0 saturated carbocycles. The molecule has 0 aromatic rings. The monoisotopic (exact) mass is 286 g/mol. The lowest BCUT2D eigenvalue weighted by Crippen LogP contribution is -2.56.